The molecule has 2 aromatic rings. The van der Waals surface area contributed by atoms with Crippen LogP contribution in [0, 0.1) is 0 Å². The topological polar surface area (TPSA) is 57.3 Å². The molecule has 0 unspecified atom stereocenters. The molecule has 0 aliphatic carbocycles. The van der Waals surface area contributed by atoms with Gasteiger partial charge in [-0.2, -0.15) is 0 Å². The summed E-state index contributed by atoms with van der Waals surface area (Å²) in [5.74, 6) is 0.0986. The predicted octanol–water partition coefficient (Wildman–Crippen LogP) is 2.32. The van der Waals surface area contributed by atoms with Crippen LogP contribution in [0.5, 0.6) is 0 Å². The summed E-state index contributed by atoms with van der Waals surface area (Å²) in [4.78, 5) is 18.7. The number of thiazole rings is 1. The maximum Gasteiger partial charge on any atom is 0.253 e. The largest absolute Gasteiger partial charge is 0.337 e. The standard InChI is InChI=1S/C15H18N4OS/c20-14(19-8-2-5-16-6-9-19)12-3-1-4-13(11-12)18-15-17-7-10-21-15/h1,3-4,7,10-11,16H,2,5-6,8-9H2,(H,17,18). The van der Waals surface area contributed by atoms with E-state index in [0.29, 0.717) is 0 Å². The SMILES string of the molecule is O=C(c1cccc(Nc2nccs2)c1)N1CCCNCC1. The minimum atomic E-state index is 0.0986. The highest BCUT2D eigenvalue weighted by Gasteiger charge is 2.17. The van der Waals surface area contributed by atoms with Gasteiger partial charge in [0, 0.05) is 42.5 Å². The van der Waals surface area contributed by atoms with Crippen LogP contribution in [0.1, 0.15) is 16.8 Å². The molecule has 1 amide bonds. The Hall–Kier alpha value is -1.92. The first kappa shape index (κ1) is 14.0. The molecule has 0 spiro atoms. The molecule has 110 valence electrons. The fourth-order valence-corrected chi connectivity index (χ4v) is 2.92. The number of amides is 1. The van der Waals surface area contributed by atoms with Crippen molar-refractivity contribution >= 4 is 28.1 Å². The molecular formula is C15H18N4OS. The van der Waals surface area contributed by atoms with Crippen molar-refractivity contribution in [3.8, 4) is 0 Å². The van der Waals surface area contributed by atoms with Crippen LogP contribution in [-0.2, 0) is 0 Å². The van der Waals surface area contributed by atoms with Gasteiger partial charge in [-0.05, 0) is 31.2 Å². The molecular weight excluding hydrogens is 284 g/mol. The Labute approximate surface area is 128 Å². The van der Waals surface area contributed by atoms with Crippen molar-refractivity contribution in [2.75, 3.05) is 31.5 Å². The van der Waals surface area contributed by atoms with Crippen LogP contribution in [0.3, 0.4) is 0 Å². The van der Waals surface area contributed by atoms with Crippen molar-refractivity contribution in [3.63, 3.8) is 0 Å². The third kappa shape index (κ3) is 3.59. The minimum Gasteiger partial charge on any atom is -0.337 e. The summed E-state index contributed by atoms with van der Waals surface area (Å²) >= 11 is 1.54. The van der Waals surface area contributed by atoms with Crippen molar-refractivity contribution in [3.05, 3.63) is 41.4 Å². The molecule has 3 rings (SSSR count). The molecule has 1 saturated heterocycles. The van der Waals surface area contributed by atoms with E-state index in [0.717, 1.165) is 49.0 Å². The highest BCUT2D eigenvalue weighted by atomic mass is 32.1. The fraction of sp³-hybridized carbons (Fsp3) is 0.333. The van der Waals surface area contributed by atoms with E-state index in [9.17, 15) is 4.79 Å². The van der Waals surface area contributed by atoms with Gasteiger partial charge in [0.25, 0.3) is 5.91 Å². The molecule has 1 fully saturated rings. The second-order valence-corrected chi connectivity index (χ2v) is 5.83. The number of carbonyl (C=O) groups excluding carboxylic acids is 1. The van der Waals surface area contributed by atoms with E-state index in [4.69, 9.17) is 0 Å². The predicted molar refractivity (Wildman–Crippen MR) is 85.2 cm³/mol. The zero-order valence-corrected chi connectivity index (χ0v) is 12.5. The van der Waals surface area contributed by atoms with Crippen molar-refractivity contribution in [1.82, 2.24) is 15.2 Å². The van der Waals surface area contributed by atoms with Crippen LogP contribution in [0.4, 0.5) is 10.8 Å². The molecule has 1 aliphatic rings. The van der Waals surface area contributed by atoms with Gasteiger partial charge in [0.15, 0.2) is 5.13 Å². The van der Waals surface area contributed by atoms with Crippen molar-refractivity contribution in [2.45, 2.75) is 6.42 Å². The lowest BCUT2D eigenvalue weighted by molar-refractivity contribution is 0.0766. The van der Waals surface area contributed by atoms with Crippen LogP contribution in [0.2, 0.25) is 0 Å². The molecule has 2 N–H and O–H groups in total. The van der Waals surface area contributed by atoms with E-state index in [2.05, 4.69) is 15.6 Å². The van der Waals surface area contributed by atoms with Gasteiger partial charge >= 0.3 is 0 Å². The molecule has 5 nitrogen and oxygen atoms in total. The molecule has 0 atom stereocenters. The molecule has 1 aromatic carbocycles. The number of hydrogen-bond acceptors (Lipinski definition) is 5. The third-order valence-electron chi connectivity index (χ3n) is 3.42. The van der Waals surface area contributed by atoms with Gasteiger partial charge in [-0.3, -0.25) is 4.79 Å². The molecule has 6 heteroatoms. The molecule has 2 heterocycles. The lowest BCUT2D eigenvalue weighted by Crippen LogP contribution is -2.34. The summed E-state index contributed by atoms with van der Waals surface area (Å²) < 4.78 is 0. The summed E-state index contributed by atoms with van der Waals surface area (Å²) in [6.07, 6.45) is 2.76. The Morgan fingerprint density at radius 3 is 3.14 bits per heavy atom. The lowest BCUT2D eigenvalue weighted by atomic mass is 10.1. The normalized spacial score (nSPS) is 15.5. The van der Waals surface area contributed by atoms with Gasteiger partial charge in [-0.15, -0.1) is 11.3 Å². The average Bonchev–Trinajstić information content (AvgIpc) is 2.87. The first-order valence-electron chi connectivity index (χ1n) is 7.09. The van der Waals surface area contributed by atoms with Gasteiger partial charge in [0.2, 0.25) is 0 Å². The van der Waals surface area contributed by atoms with Crippen LogP contribution >= 0.6 is 11.3 Å². The summed E-state index contributed by atoms with van der Waals surface area (Å²) in [6, 6.07) is 7.61. The van der Waals surface area contributed by atoms with Crippen LogP contribution < -0.4 is 10.6 Å². The van der Waals surface area contributed by atoms with Crippen LogP contribution in [-0.4, -0.2) is 42.0 Å². The number of benzene rings is 1. The Morgan fingerprint density at radius 1 is 1.33 bits per heavy atom. The first-order valence-corrected chi connectivity index (χ1v) is 7.97. The molecule has 0 radical (unpaired) electrons. The average molecular weight is 302 g/mol. The summed E-state index contributed by atoms with van der Waals surface area (Å²) in [7, 11) is 0. The molecule has 1 aromatic heterocycles. The number of nitrogens with one attached hydrogen (secondary N) is 2. The quantitative estimate of drug-likeness (QED) is 0.913. The van der Waals surface area contributed by atoms with Crippen LogP contribution in [0.15, 0.2) is 35.8 Å². The van der Waals surface area contributed by atoms with Gasteiger partial charge < -0.3 is 15.5 Å². The lowest BCUT2D eigenvalue weighted by Gasteiger charge is -2.20. The Balaban J connectivity index is 1.73. The van der Waals surface area contributed by atoms with Crippen LogP contribution in [0.25, 0.3) is 0 Å². The second kappa shape index (κ2) is 6.69. The summed E-state index contributed by atoms with van der Waals surface area (Å²) in [5, 5.41) is 9.28. The third-order valence-corrected chi connectivity index (χ3v) is 4.11. The van der Waals surface area contributed by atoms with E-state index < -0.39 is 0 Å². The number of nitrogens with zero attached hydrogens (tertiary/aromatic N) is 2. The smallest absolute Gasteiger partial charge is 0.253 e. The Morgan fingerprint density at radius 2 is 2.29 bits per heavy atom. The maximum atomic E-state index is 12.6. The second-order valence-electron chi connectivity index (χ2n) is 4.94. The van der Waals surface area contributed by atoms with Gasteiger partial charge in [-0.25, -0.2) is 4.98 Å². The zero-order valence-electron chi connectivity index (χ0n) is 11.7. The molecule has 0 bridgehead atoms. The van der Waals surface area contributed by atoms with Crippen molar-refractivity contribution in [2.24, 2.45) is 0 Å². The maximum absolute atomic E-state index is 12.6. The fourth-order valence-electron chi connectivity index (χ4n) is 2.37. The first-order chi connectivity index (χ1) is 10.3. The van der Waals surface area contributed by atoms with Gasteiger partial charge in [0.05, 0.1) is 0 Å². The zero-order chi connectivity index (χ0) is 14.5. The molecule has 1 aliphatic heterocycles. The number of rotatable bonds is 3. The summed E-state index contributed by atoms with van der Waals surface area (Å²) in [5.41, 5.74) is 1.61. The summed E-state index contributed by atoms with van der Waals surface area (Å²) in [6.45, 7) is 3.43. The van der Waals surface area contributed by atoms with E-state index in [1.54, 1.807) is 6.20 Å². The number of carbonyl (C=O) groups is 1. The highest BCUT2D eigenvalue weighted by Crippen LogP contribution is 2.20. The Bertz CT molecular complexity index is 591. The van der Waals surface area contributed by atoms with E-state index in [1.165, 1.54) is 11.3 Å². The number of hydrogen-bond donors (Lipinski definition) is 2. The Kier molecular flexibility index (Phi) is 4.47. The van der Waals surface area contributed by atoms with E-state index >= 15 is 0 Å². The minimum absolute atomic E-state index is 0.0986. The highest BCUT2D eigenvalue weighted by molar-refractivity contribution is 7.13. The monoisotopic (exact) mass is 302 g/mol. The molecule has 0 saturated carbocycles. The van der Waals surface area contributed by atoms with E-state index in [1.807, 2.05) is 34.5 Å². The number of anilines is 2. The molecule has 21 heavy (non-hydrogen) atoms. The number of aromatic nitrogens is 1. The van der Waals surface area contributed by atoms with Gasteiger partial charge in [-0.1, -0.05) is 6.07 Å². The van der Waals surface area contributed by atoms with Crippen molar-refractivity contribution < 1.29 is 4.79 Å². The van der Waals surface area contributed by atoms with Gasteiger partial charge in [0.1, 0.15) is 0 Å². The van der Waals surface area contributed by atoms with Crippen molar-refractivity contribution in [1.29, 1.82) is 0 Å². The van der Waals surface area contributed by atoms with E-state index in [-0.39, 0.29) is 5.91 Å².